The van der Waals surface area contributed by atoms with Gasteiger partial charge in [0.1, 0.15) is 6.04 Å². The molecule has 0 aliphatic heterocycles. The summed E-state index contributed by atoms with van der Waals surface area (Å²) in [5, 5.41) is 3.72. The van der Waals surface area contributed by atoms with Gasteiger partial charge in [-0.1, -0.05) is 90.3 Å². The molecule has 37 heavy (non-hydrogen) atoms. The summed E-state index contributed by atoms with van der Waals surface area (Å²) in [6, 6.07) is 23.2. The monoisotopic (exact) mass is 536 g/mol. The fourth-order valence-electron chi connectivity index (χ4n) is 4.32. The number of thioether (sulfide) groups is 1. The second-order valence-electron chi connectivity index (χ2n) is 9.66. The lowest BCUT2D eigenvalue weighted by molar-refractivity contribution is -0.139. The Morgan fingerprint density at radius 1 is 0.919 bits per heavy atom. The number of rotatable bonds is 12. The molecule has 3 aromatic rings. The van der Waals surface area contributed by atoms with Gasteiger partial charge in [0.15, 0.2) is 0 Å². The third-order valence-corrected chi connectivity index (χ3v) is 7.51. The third kappa shape index (κ3) is 9.24. The van der Waals surface area contributed by atoms with Gasteiger partial charge in [-0.15, -0.1) is 11.8 Å². The van der Waals surface area contributed by atoms with Crippen molar-refractivity contribution >= 4 is 35.2 Å². The normalized spacial score (nSPS) is 12.6. The molecule has 1 N–H and O–H groups in total. The molecule has 0 radical (unpaired) electrons. The number of amides is 2. The first-order chi connectivity index (χ1) is 17.7. The summed E-state index contributed by atoms with van der Waals surface area (Å²) >= 11 is 7.84. The zero-order valence-electron chi connectivity index (χ0n) is 22.2. The standard InChI is InChI=1S/C31H37ClN2O2S/c1-5-24(4)33-31(36)29(18-25-10-7-6-8-11-25)34(19-26-12-9-13-28(32)17-26)30(35)21-37-20-27-15-22(2)14-23(3)16-27/h6-17,24,29H,5,18-21H2,1-4H3,(H,33,36)/t24-,29-/m1/s1. The number of nitrogens with zero attached hydrogens (tertiary/aromatic N) is 1. The summed E-state index contributed by atoms with van der Waals surface area (Å²) in [7, 11) is 0. The number of nitrogens with one attached hydrogen (secondary N) is 1. The second kappa shape index (κ2) is 14.3. The van der Waals surface area contributed by atoms with E-state index in [9.17, 15) is 9.59 Å². The molecule has 0 aliphatic rings. The highest BCUT2D eigenvalue weighted by atomic mass is 35.5. The van der Waals surface area contributed by atoms with E-state index in [2.05, 4.69) is 37.4 Å². The molecule has 3 aromatic carbocycles. The molecule has 3 rings (SSSR count). The Bertz CT molecular complexity index is 1160. The molecule has 0 spiro atoms. The van der Waals surface area contributed by atoms with Crippen LogP contribution in [0.2, 0.25) is 5.02 Å². The predicted molar refractivity (Wildman–Crippen MR) is 156 cm³/mol. The van der Waals surface area contributed by atoms with Gasteiger partial charge >= 0.3 is 0 Å². The van der Waals surface area contributed by atoms with Gasteiger partial charge in [-0.25, -0.2) is 0 Å². The van der Waals surface area contributed by atoms with Crippen LogP contribution in [0.25, 0.3) is 0 Å². The lowest BCUT2D eigenvalue weighted by Gasteiger charge is -2.32. The molecular formula is C31H37ClN2O2S. The molecular weight excluding hydrogens is 500 g/mol. The third-order valence-electron chi connectivity index (χ3n) is 6.29. The van der Waals surface area contributed by atoms with Gasteiger partial charge < -0.3 is 10.2 Å². The Kier molecular flexibility index (Phi) is 11.1. The molecule has 6 heteroatoms. The zero-order valence-corrected chi connectivity index (χ0v) is 23.7. The number of carbonyl (C=O) groups is 2. The molecule has 0 saturated carbocycles. The molecule has 2 amide bonds. The number of hydrogen-bond acceptors (Lipinski definition) is 3. The van der Waals surface area contributed by atoms with Crippen LogP contribution in [0, 0.1) is 13.8 Å². The molecule has 196 valence electrons. The van der Waals surface area contributed by atoms with E-state index in [1.165, 1.54) is 16.7 Å². The molecule has 0 bridgehead atoms. The van der Waals surface area contributed by atoms with Crippen molar-refractivity contribution in [1.82, 2.24) is 10.2 Å². The summed E-state index contributed by atoms with van der Waals surface area (Å²) < 4.78 is 0. The SMILES string of the molecule is CC[C@@H](C)NC(=O)[C@@H](Cc1ccccc1)N(Cc1cccc(Cl)c1)C(=O)CSCc1cc(C)cc(C)c1. The van der Waals surface area contributed by atoms with E-state index in [-0.39, 0.29) is 23.6 Å². The fourth-order valence-corrected chi connectivity index (χ4v) is 5.38. The van der Waals surface area contributed by atoms with Crippen LogP contribution in [0.4, 0.5) is 0 Å². The quantitative estimate of drug-likeness (QED) is 0.279. The minimum absolute atomic E-state index is 0.0211. The van der Waals surface area contributed by atoms with E-state index >= 15 is 0 Å². The molecule has 0 heterocycles. The highest BCUT2D eigenvalue weighted by molar-refractivity contribution is 7.99. The minimum Gasteiger partial charge on any atom is -0.352 e. The van der Waals surface area contributed by atoms with Gasteiger partial charge in [-0.05, 0) is 56.0 Å². The summed E-state index contributed by atoms with van der Waals surface area (Å²) in [6.45, 7) is 8.51. The maximum atomic E-state index is 13.7. The molecule has 4 nitrogen and oxygen atoms in total. The Hall–Kier alpha value is -2.76. The van der Waals surface area contributed by atoms with Crippen LogP contribution in [0.15, 0.2) is 72.8 Å². The number of halogens is 1. The van der Waals surface area contributed by atoms with E-state index in [0.29, 0.717) is 18.0 Å². The van der Waals surface area contributed by atoms with E-state index in [0.717, 1.165) is 23.3 Å². The van der Waals surface area contributed by atoms with Crippen molar-refractivity contribution in [3.05, 3.63) is 106 Å². The zero-order chi connectivity index (χ0) is 26.8. The lowest BCUT2D eigenvalue weighted by atomic mass is 10.0. The summed E-state index contributed by atoms with van der Waals surface area (Å²) in [5.74, 6) is 0.833. The van der Waals surface area contributed by atoms with E-state index < -0.39 is 6.04 Å². The number of benzene rings is 3. The smallest absolute Gasteiger partial charge is 0.243 e. The van der Waals surface area contributed by atoms with Crippen molar-refractivity contribution in [1.29, 1.82) is 0 Å². The van der Waals surface area contributed by atoms with Crippen molar-refractivity contribution in [2.45, 2.75) is 64.9 Å². The molecule has 0 aliphatic carbocycles. The van der Waals surface area contributed by atoms with Crippen LogP contribution in [-0.4, -0.2) is 34.6 Å². The Balaban J connectivity index is 1.86. The first-order valence-corrected chi connectivity index (χ1v) is 14.3. The average molecular weight is 537 g/mol. The summed E-state index contributed by atoms with van der Waals surface area (Å²) in [5.41, 5.74) is 5.54. The maximum absolute atomic E-state index is 13.7. The first kappa shape index (κ1) is 28.8. The van der Waals surface area contributed by atoms with E-state index in [1.54, 1.807) is 16.7 Å². The minimum atomic E-state index is -0.635. The number of aryl methyl sites for hydroxylation is 2. The Labute approximate surface area is 230 Å². The second-order valence-corrected chi connectivity index (χ2v) is 11.1. The van der Waals surface area contributed by atoms with Crippen LogP contribution in [0.5, 0.6) is 0 Å². The van der Waals surface area contributed by atoms with Crippen LogP contribution in [0.1, 0.15) is 48.1 Å². The highest BCUT2D eigenvalue weighted by Crippen LogP contribution is 2.21. The van der Waals surface area contributed by atoms with Crippen LogP contribution in [-0.2, 0) is 28.3 Å². The van der Waals surface area contributed by atoms with Crippen molar-refractivity contribution in [3.8, 4) is 0 Å². The van der Waals surface area contributed by atoms with Gasteiger partial charge in [0.25, 0.3) is 0 Å². The molecule has 2 atom stereocenters. The van der Waals surface area contributed by atoms with E-state index in [1.807, 2.05) is 68.4 Å². The van der Waals surface area contributed by atoms with Crippen molar-refractivity contribution < 1.29 is 9.59 Å². The van der Waals surface area contributed by atoms with Gasteiger partial charge in [-0.2, -0.15) is 0 Å². The largest absolute Gasteiger partial charge is 0.352 e. The van der Waals surface area contributed by atoms with Crippen molar-refractivity contribution in [3.63, 3.8) is 0 Å². The maximum Gasteiger partial charge on any atom is 0.243 e. The highest BCUT2D eigenvalue weighted by Gasteiger charge is 2.30. The lowest BCUT2D eigenvalue weighted by Crippen LogP contribution is -2.52. The molecule has 0 fully saturated rings. The van der Waals surface area contributed by atoms with Crippen molar-refractivity contribution in [2.75, 3.05) is 5.75 Å². The molecule has 0 aromatic heterocycles. The van der Waals surface area contributed by atoms with Gasteiger partial charge in [0.05, 0.1) is 5.75 Å². The number of hydrogen-bond donors (Lipinski definition) is 1. The summed E-state index contributed by atoms with van der Waals surface area (Å²) in [4.78, 5) is 29.0. The molecule has 0 unspecified atom stereocenters. The fraction of sp³-hybridized carbons (Fsp3) is 0.355. The Morgan fingerprint density at radius 2 is 1.59 bits per heavy atom. The van der Waals surface area contributed by atoms with E-state index in [4.69, 9.17) is 11.6 Å². The predicted octanol–water partition coefficient (Wildman–Crippen LogP) is 6.74. The molecule has 0 saturated heterocycles. The first-order valence-electron chi connectivity index (χ1n) is 12.8. The van der Waals surface area contributed by atoms with Crippen LogP contribution in [0.3, 0.4) is 0 Å². The Morgan fingerprint density at radius 3 is 2.24 bits per heavy atom. The topological polar surface area (TPSA) is 49.4 Å². The van der Waals surface area contributed by atoms with Gasteiger partial charge in [0, 0.05) is 29.8 Å². The van der Waals surface area contributed by atoms with Gasteiger partial charge in [0.2, 0.25) is 11.8 Å². The van der Waals surface area contributed by atoms with Crippen LogP contribution >= 0.6 is 23.4 Å². The van der Waals surface area contributed by atoms with Crippen LogP contribution < -0.4 is 5.32 Å². The number of carbonyl (C=O) groups excluding carboxylic acids is 2. The summed E-state index contributed by atoms with van der Waals surface area (Å²) in [6.07, 6.45) is 1.26. The average Bonchev–Trinajstić information content (AvgIpc) is 2.86. The van der Waals surface area contributed by atoms with Gasteiger partial charge in [-0.3, -0.25) is 9.59 Å². The van der Waals surface area contributed by atoms with Crippen molar-refractivity contribution in [2.24, 2.45) is 0 Å².